The van der Waals surface area contributed by atoms with Gasteiger partial charge >= 0.3 is 0 Å². The van der Waals surface area contributed by atoms with Gasteiger partial charge in [-0.15, -0.1) is 0 Å². The van der Waals surface area contributed by atoms with Gasteiger partial charge in [0.25, 0.3) is 0 Å². The lowest BCUT2D eigenvalue weighted by Crippen LogP contribution is -2.32. The summed E-state index contributed by atoms with van der Waals surface area (Å²) in [7, 11) is 8.55. The average Bonchev–Trinajstić information content (AvgIpc) is 3.42. The van der Waals surface area contributed by atoms with Crippen molar-refractivity contribution in [3.8, 4) is 45.0 Å². The number of hydrogen-bond acceptors (Lipinski definition) is 0. The summed E-state index contributed by atoms with van der Waals surface area (Å²) in [5, 5.41) is 0. The van der Waals surface area contributed by atoms with Gasteiger partial charge in [-0.3, -0.25) is 0 Å². The molecule has 0 unspecified atom stereocenters. The molecular formula is C76H104N4+4. The van der Waals surface area contributed by atoms with Gasteiger partial charge in [-0.25, -0.2) is 18.3 Å². The van der Waals surface area contributed by atoms with Gasteiger partial charge in [0.15, 0.2) is 24.8 Å². The fourth-order valence-corrected chi connectivity index (χ4v) is 11.5. The molecule has 0 spiro atoms. The number of hydrogen-bond donors (Lipinski definition) is 0. The second kappa shape index (κ2) is 28.8. The Labute approximate surface area is 487 Å². The van der Waals surface area contributed by atoms with Crippen LogP contribution in [0, 0.1) is 54.4 Å². The predicted octanol–water partition coefficient (Wildman–Crippen LogP) is 18.2. The number of aryl methyl sites for hydroxylation is 12. The Morgan fingerprint density at radius 3 is 1.12 bits per heavy atom. The topological polar surface area (TPSA) is 15.5 Å². The summed E-state index contributed by atoms with van der Waals surface area (Å²) in [6.07, 6.45) is 11.0. The molecule has 0 aliphatic rings. The molecule has 0 N–H and O–H groups in total. The Balaban J connectivity index is 0.000000197. The molecule has 0 amide bonds. The van der Waals surface area contributed by atoms with E-state index in [1.165, 1.54) is 123 Å². The van der Waals surface area contributed by atoms with Gasteiger partial charge in [0, 0.05) is 68.8 Å². The highest BCUT2D eigenvalue weighted by Gasteiger charge is 2.23. The normalized spacial score (nSPS) is 11.3. The van der Waals surface area contributed by atoms with E-state index in [-0.39, 0.29) is 0 Å². The van der Waals surface area contributed by atoms with Crippen LogP contribution in [-0.4, -0.2) is 0 Å². The Bertz CT molecular complexity index is 3360. The first-order chi connectivity index (χ1) is 37.6. The van der Waals surface area contributed by atoms with E-state index in [1.54, 1.807) is 0 Å². The van der Waals surface area contributed by atoms with Gasteiger partial charge in [-0.2, -0.15) is 0 Å². The third-order valence-corrected chi connectivity index (χ3v) is 15.9. The third-order valence-electron chi connectivity index (χ3n) is 15.9. The fraction of sp³-hybridized carbons (Fsp3) is 0.421. The maximum atomic E-state index is 2.37. The predicted molar refractivity (Wildman–Crippen MR) is 344 cm³/mol. The van der Waals surface area contributed by atoms with E-state index in [4.69, 9.17) is 0 Å². The maximum Gasteiger partial charge on any atom is 0.215 e. The van der Waals surface area contributed by atoms with Gasteiger partial charge in [-0.1, -0.05) is 144 Å². The molecule has 0 bridgehead atoms. The van der Waals surface area contributed by atoms with Crippen LogP contribution in [0.25, 0.3) is 45.0 Å². The van der Waals surface area contributed by atoms with Gasteiger partial charge in [-0.05, 0) is 183 Å². The minimum absolute atomic E-state index is 0.535. The largest absolute Gasteiger partial charge is 0.215 e. The zero-order chi connectivity index (χ0) is 59.4. The molecular weight excluding hydrogens is 969 g/mol. The molecule has 80 heavy (non-hydrogen) atoms. The van der Waals surface area contributed by atoms with Crippen molar-refractivity contribution in [3.63, 3.8) is 0 Å². The summed E-state index contributed by atoms with van der Waals surface area (Å²) in [5.74, 6) is 3.46. The summed E-state index contributed by atoms with van der Waals surface area (Å²) in [6, 6.07) is 40.8. The van der Waals surface area contributed by atoms with E-state index >= 15 is 0 Å². The summed E-state index contributed by atoms with van der Waals surface area (Å²) < 4.78 is 8.97. The molecule has 8 rings (SSSR count). The summed E-state index contributed by atoms with van der Waals surface area (Å²) in [5.41, 5.74) is 30.1. The molecule has 0 atom stereocenters. The first kappa shape index (κ1) is 64.3. The molecule has 0 saturated heterocycles. The summed E-state index contributed by atoms with van der Waals surface area (Å²) in [6.45, 7) is 44.7. The Hall–Kier alpha value is -6.52. The molecule has 0 radical (unpaired) electrons. The van der Waals surface area contributed by atoms with Gasteiger partial charge in [0.2, 0.25) is 22.8 Å². The van der Waals surface area contributed by atoms with Gasteiger partial charge < -0.3 is 0 Å². The maximum absolute atomic E-state index is 2.37. The van der Waals surface area contributed by atoms with Crippen LogP contribution in [0.3, 0.4) is 0 Å². The Kier molecular flexibility index (Phi) is 23.1. The molecule has 8 aromatic rings. The molecule has 0 fully saturated rings. The van der Waals surface area contributed by atoms with Crippen LogP contribution >= 0.6 is 0 Å². The van der Waals surface area contributed by atoms with Crippen molar-refractivity contribution in [1.29, 1.82) is 0 Å². The first-order valence-electron chi connectivity index (χ1n) is 30.0. The Morgan fingerprint density at radius 1 is 0.350 bits per heavy atom. The zero-order valence-electron chi connectivity index (χ0n) is 54.4. The number of nitrogens with zero attached hydrogens (tertiary/aromatic N) is 4. The second-order valence-electron chi connectivity index (χ2n) is 25.1. The van der Waals surface area contributed by atoms with Crippen molar-refractivity contribution < 1.29 is 18.3 Å². The van der Waals surface area contributed by atoms with Gasteiger partial charge in [0.1, 0.15) is 28.2 Å². The Morgan fingerprint density at radius 2 is 0.738 bits per heavy atom. The molecule has 4 heteroatoms. The van der Waals surface area contributed by atoms with Crippen LogP contribution < -0.4 is 18.3 Å². The highest BCUT2D eigenvalue weighted by molar-refractivity contribution is 5.67. The molecule has 0 aliphatic heterocycles. The molecule has 4 nitrogen and oxygen atoms in total. The minimum atomic E-state index is 0.535. The number of aromatic nitrogens is 4. The summed E-state index contributed by atoms with van der Waals surface area (Å²) in [4.78, 5) is 0. The molecule has 0 aliphatic carbocycles. The van der Waals surface area contributed by atoms with E-state index in [0.29, 0.717) is 35.5 Å². The average molecular weight is 1070 g/mol. The van der Waals surface area contributed by atoms with Crippen molar-refractivity contribution in [2.24, 2.45) is 34.1 Å². The molecule has 4 aromatic heterocycles. The lowest BCUT2D eigenvalue weighted by Gasteiger charge is -2.13. The van der Waals surface area contributed by atoms with E-state index < -0.39 is 0 Å². The van der Waals surface area contributed by atoms with Crippen molar-refractivity contribution >= 4 is 0 Å². The fourth-order valence-electron chi connectivity index (χ4n) is 11.5. The minimum Gasteiger partial charge on any atom is -0.201 e. The van der Waals surface area contributed by atoms with Crippen LogP contribution in [0.1, 0.15) is 197 Å². The van der Waals surface area contributed by atoms with Crippen molar-refractivity contribution in [2.45, 2.75) is 181 Å². The highest BCUT2D eigenvalue weighted by atomic mass is 14.9. The van der Waals surface area contributed by atoms with Crippen LogP contribution in [0.5, 0.6) is 0 Å². The second-order valence-corrected chi connectivity index (χ2v) is 25.1. The SMILES string of the molecule is CCc1ccc(-c2c(C(C)C)ccc[n+]2C)c(C)c1.Cc1cc(C(C)C)ccc1-c1cc(C(C)C)c(C)c[n+]1C.Cc1cc(CC(C)C)ccc1-c1cc(C(C)C)c(C)c[n+]1C.Cc1ccc(-c2c(C(C)C)ccc[n+]2C)c(C)c1. The van der Waals surface area contributed by atoms with E-state index in [0.717, 1.165) is 12.8 Å². The van der Waals surface area contributed by atoms with Gasteiger partial charge in [0.05, 0.1) is 0 Å². The smallest absolute Gasteiger partial charge is 0.201 e. The number of rotatable bonds is 12. The highest BCUT2D eigenvalue weighted by Crippen LogP contribution is 2.32. The van der Waals surface area contributed by atoms with Crippen molar-refractivity contribution in [1.82, 2.24) is 0 Å². The van der Waals surface area contributed by atoms with Crippen molar-refractivity contribution in [2.75, 3.05) is 0 Å². The number of pyridine rings is 4. The van der Waals surface area contributed by atoms with E-state index in [2.05, 4.69) is 319 Å². The lowest BCUT2D eigenvalue weighted by molar-refractivity contribution is -0.660. The third kappa shape index (κ3) is 16.3. The monoisotopic (exact) mass is 1070 g/mol. The van der Waals surface area contributed by atoms with Crippen LogP contribution in [-0.2, 0) is 41.0 Å². The lowest BCUT2D eigenvalue weighted by atomic mass is 9.93. The quantitative estimate of drug-likeness (QED) is 0.108. The molecule has 4 heterocycles. The molecule has 4 aromatic carbocycles. The van der Waals surface area contributed by atoms with E-state index in [9.17, 15) is 0 Å². The van der Waals surface area contributed by atoms with E-state index in [1.807, 2.05) is 0 Å². The van der Waals surface area contributed by atoms with Crippen molar-refractivity contribution in [3.05, 3.63) is 212 Å². The van der Waals surface area contributed by atoms with Crippen LogP contribution in [0.15, 0.2) is 134 Å². The molecule has 0 saturated carbocycles. The number of benzene rings is 4. The molecule has 424 valence electrons. The van der Waals surface area contributed by atoms with Crippen LogP contribution in [0.4, 0.5) is 0 Å². The first-order valence-corrected chi connectivity index (χ1v) is 30.0. The zero-order valence-corrected chi connectivity index (χ0v) is 54.4. The summed E-state index contributed by atoms with van der Waals surface area (Å²) >= 11 is 0. The standard InChI is InChI=1S/C21H30N.C20H28N.C18H24N.C17H22N/c1-14(2)10-18-8-9-19(16(5)11-18)21-12-20(15(3)4)17(6)13-22(21)7;1-13(2)17-8-9-18(15(5)10-17)20-11-19(14(3)4)16(6)12-21(20)7;1-6-15-9-10-17(14(4)12-15)18-16(13(2)3)8-7-11-19(18)5;1-12(2)15-7-6-10-18(5)17(15)16-9-8-13(3)11-14(16)4/h8-9,11-15H,10H2,1-7H3;8-14H,1-7H3;7-13H,6H2,1-5H3;6-12H,1-5H3/q4*+1. The van der Waals surface area contributed by atoms with Crippen LogP contribution in [0.2, 0.25) is 0 Å².